The van der Waals surface area contributed by atoms with Gasteiger partial charge < -0.3 is 9.73 Å². The van der Waals surface area contributed by atoms with Crippen LogP contribution in [0.2, 0.25) is 10.0 Å². The highest BCUT2D eigenvalue weighted by molar-refractivity contribution is 6.42. The fourth-order valence-electron chi connectivity index (χ4n) is 5.11. The summed E-state index contributed by atoms with van der Waals surface area (Å²) in [5.41, 5.74) is 2.06. The molecule has 2 unspecified atom stereocenters. The van der Waals surface area contributed by atoms with Crippen molar-refractivity contribution < 1.29 is 9.21 Å². The van der Waals surface area contributed by atoms with E-state index in [9.17, 15) is 4.79 Å². The Labute approximate surface area is 172 Å². The Morgan fingerprint density at radius 3 is 2.64 bits per heavy atom. The van der Waals surface area contributed by atoms with Gasteiger partial charge in [0.2, 0.25) is 5.91 Å². The molecule has 0 radical (unpaired) electrons. The van der Waals surface area contributed by atoms with Crippen molar-refractivity contribution in [2.45, 2.75) is 44.6 Å². The Balaban J connectivity index is 1.63. The topological polar surface area (TPSA) is 68.0 Å². The quantitative estimate of drug-likeness (QED) is 0.653. The zero-order valence-electron chi connectivity index (χ0n) is 15.6. The summed E-state index contributed by atoms with van der Waals surface area (Å²) >= 11 is 12.4. The van der Waals surface area contributed by atoms with Gasteiger partial charge in [-0.1, -0.05) is 37.0 Å². The van der Waals surface area contributed by atoms with Crippen LogP contribution < -0.4 is 5.32 Å². The standard InChI is InChI=1S/C21H19Cl2N3O2/c1-20(2)12-5-6-21(20,19(27)24-10-11-4-3-7-28-11)18-17(12)25-15-8-13(22)14(23)9-16(15)26-18/h3-4,7-9,12H,5-6,10H2,1-2H3,(H,24,27). The molecule has 0 spiro atoms. The van der Waals surface area contributed by atoms with Crippen molar-refractivity contribution in [2.75, 3.05) is 0 Å². The molecular formula is C21H19Cl2N3O2. The number of halogens is 2. The number of hydrogen-bond donors (Lipinski definition) is 1. The van der Waals surface area contributed by atoms with Gasteiger partial charge in [-0.2, -0.15) is 0 Å². The minimum Gasteiger partial charge on any atom is -0.467 e. The average molecular weight is 416 g/mol. The van der Waals surface area contributed by atoms with Crippen molar-refractivity contribution in [3.63, 3.8) is 0 Å². The number of fused-ring (bicyclic) bond motifs is 6. The normalized spacial score (nSPS) is 24.5. The number of nitrogens with zero attached hydrogens (tertiary/aromatic N) is 2. The summed E-state index contributed by atoms with van der Waals surface area (Å²) in [5.74, 6) is 0.883. The fourth-order valence-corrected chi connectivity index (χ4v) is 5.43. The van der Waals surface area contributed by atoms with Gasteiger partial charge in [-0.25, -0.2) is 9.97 Å². The zero-order chi connectivity index (χ0) is 19.7. The van der Waals surface area contributed by atoms with Crippen molar-refractivity contribution in [3.05, 3.63) is 57.7 Å². The molecule has 2 heterocycles. The van der Waals surface area contributed by atoms with E-state index in [4.69, 9.17) is 37.6 Å². The Kier molecular flexibility index (Phi) is 3.81. The minimum atomic E-state index is -0.715. The van der Waals surface area contributed by atoms with E-state index in [1.807, 2.05) is 12.1 Å². The SMILES string of the molecule is CC1(C)C2CCC1(C(=O)NCc1ccco1)c1nc3cc(Cl)c(Cl)cc3nc12. The third-order valence-electron chi connectivity index (χ3n) is 6.64. The first-order chi connectivity index (χ1) is 13.3. The first kappa shape index (κ1) is 18.0. The van der Waals surface area contributed by atoms with E-state index in [2.05, 4.69) is 19.2 Å². The Bertz CT molecular complexity index is 1110. The summed E-state index contributed by atoms with van der Waals surface area (Å²) in [5, 5.41) is 3.95. The van der Waals surface area contributed by atoms with E-state index in [1.165, 1.54) is 0 Å². The second kappa shape index (κ2) is 5.94. The summed E-state index contributed by atoms with van der Waals surface area (Å²) in [6.07, 6.45) is 3.27. The van der Waals surface area contributed by atoms with Crippen LogP contribution in [0.1, 0.15) is 49.8 Å². The van der Waals surface area contributed by atoms with E-state index < -0.39 is 5.41 Å². The van der Waals surface area contributed by atoms with Crippen LogP contribution >= 0.6 is 23.2 Å². The molecule has 5 nitrogen and oxygen atoms in total. The van der Waals surface area contributed by atoms with Crippen molar-refractivity contribution in [1.29, 1.82) is 0 Å². The van der Waals surface area contributed by atoms with E-state index in [0.29, 0.717) is 27.6 Å². The molecule has 3 aromatic rings. The molecule has 28 heavy (non-hydrogen) atoms. The maximum absolute atomic E-state index is 13.5. The lowest BCUT2D eigenvalue weighted by atomic mass is 9.67. The Hall–Kier alpha value is -2.11. The van der Waals surface area contributed by atoms with E-state index >= 15 is 0 Å². The van der Waals surface area contributed by atoms with E-state index in [-0.39, 0.29) is 17.2 Å². The van der Waals surface area contributed by atoms with Gasteiger partial charge in [-0.05, 0) is 42.5 Å². The van der Waals surface area contributed by atoms with Gasteiger partial charge in [0.05, 0.1) is 50.7 Å². The molecule has 1 amide bonds. The number of carbonyl (C=O) groups excluding carboxylic acids is 1. The van der Waals surface area contributed by atoms with Crippen molar-refractivity contribution in [1.82, 2.24) is 15.3 Å². The lowest BCUT2D eigenvalue weighted by Gasteiger charge is -2.36. The number of carbonyl (C=O) groups is 1. The summed E-state index contributed by atoms with van der Waals surface area (Å²) in [6.45, 7) is 4.64. The van der Waals surface area contributed by atoms with Gasteiger partial charge in [0.15, 0.2) is 0 Å². The Morgan fingerprint density at radius 2 is 1.96 bits per heavy atom. The van der Waals surface area contributed by atoms with Crippen LogP contribution in [0.4, 0.5) is 0 Å². The molecule has 2 atom stereocenters. The highest BCUT2D eigenvalue weighted by atomic mass is 35.5. The average Bonchev–Trinajstić information content (AvgIpc) is 3.31. The van der Waals surface area contributed by atoms with Crippen LogP contribution in [0, 0.1) is 5.41 Å². The molecular weight excluding hydrogens is 397 g/mol. The van der Waals surface area contributed by atoms with Crippen molar-refractivity contribution >= 4 is 40.1 Å². The number of rotatable bonds is 3. The van der Waals surface area contributed by atoms with Crippen LogP contribution in [0.3, 0.4) is 0 Å². The van der Waals surface area contributed by atoms with Gasteiger partial charge in [-0.3, -0.25) is 4.79 Å². The molecule has 2 aliphatic carbocycles. The van der Waals surface area contributed by atoms with Gasteiger partial charge >= 0.3 is 0 Å². The second-order valence-electron chi connectivity index (χ2n) is 8.19. The summed E-state index contributed by atoms with van der Waals surface area (Å²) < 4.78 is 5.36. The summed E-state index contributed by atoms with van der Waals surface area (Å²) in [7, 11) is 0. The minimum absolute atomic E-state index is 0.0242. The van der Waals surface area contributed by atoms with Crippen LogP contribution in [-0.2, 0) is 16.8 Å². The second-order valence-corrected chi connectivity index (χ2v) is 9.01. The molecule has 2 bridgehead atoms. The number of furan rings is 1. The van der Waals surface area contributed by atoms with Crippen LogP contribution in [0.5, 0.6) is 0 Å². The molecule has 5 rings (SSSR count). The summed E-state index contributed by atoms with van der Waals surface area (Å²) in [4.78, 5) is 23.2. The Morgan fingerprint density at radius 1 is 1.25 bits per heavy atom. The summed E-state index contributed by atoms with van der Waals surface area (Å²) in [6, 6.07) is 7.13. The molecule has 2 aromatic heterocycles. The van der Waals surface area contributed by atoms with E-state index in [1.54, 1.807) is 18.4 Å². The smallest absolute Gasteiger partial charge is 0.233 e. The molecule has 1 aromatic carbocycles. The lowest BCUT2D eigenvalue weighted by Crippen LogP contribution is -2.49. The number of benzene rings is 1. The third kappa shape index (κ3) is 2.23. The van der Waals surface area contributed by atoms with Gasteiger partial charge in [0.1, 0.15) is 5.76 Å². The molecule has 1 N–H and O–H groups in total. The molecule has 7 heteroatoms. The van der Waals surface area contributed by atoms with Crippen molar-refractivity contribution in [3.8, 4) is 0 Å². The molecule has 144 valence electrons. The highest BCUT2D eigenvalue weighted by Crippen LogP contribution is 2.67. The predicted molar refractivity (Wildman–Crippen MR) is 108 cm³/mol. The van der Waals surface area contributed by atoms with Gasteiger partial charge in [-0.15, -0.1) is 0 Å². The monoisotopic (exact) mass is 415 g/mol. The van der Waals surface area contributed by atoms with Crippen LogP contribution in [-0.4, -0.2) is 15.9 Å². The maximum atomic E-state index is 13.5. The molecule has 0 aliphatic heterocycles. The van der Waals surface area contributed by atoms with E-state index in [0.717, 1.165) is 30.0 Å². The molecule has 1 fully saturated rings. The fraction of sp³-hybridized carbons (Fsp3) is 0.381. The number of nitrogens with one attached hydrogen (secondary N) is 1. The number of aromatic nitrogens is 2. The maximum Gasteiger partial charge on any atom is 0.233 e. The lowest BCUT2D eigenvalue weighted by molar-refractivity contribution is -0.130. The first-order valence-electron chi connectivity index (χ1n) is 9.32. The highest BCUT2D eigenvalue weighted by Gasteiger charge is 2.67. The van der Waals surface area contributed by atoms with Gasteiger partial charge in [0, 0.05) is 5.92 Å². The first-order valence-corrected chi connectivity index (χ1v) is 10.1. The van der Waals surface area contributed by atoms with Crippen molar-refractivity contribution in [2.24, 2.45) is 5.41 Å². The predicted octanol–water partition coefficient (Wildman–Crippen LogP) is 5.00. The molecule has 0 saturated heterocycles. The molecule has 2 aliphatic rings. The molecule has 1 saturated carbocycles. The zero-order valence-corrected chi connectivity index (χ0v) is 17.1. The third-order valence-corrected chi connectivity index (χ3v) is 7.36. The van der Waals surface area contributed by atoms with Crippen LogP contribution in [0.25, 0.3) is 11.0 Å². The van der Waals surface area contributed by atoms with Crippen LogP contribution in [0.15, 0.2) is 34.9 Å². The number of amides is 1. The number of hydrogen-bond acceptors (Lipinski definition) is 4. The largest absolute Gasteiger partial charge is 0.467 e. The van der Waals surface area contributed by atoms with Gasteiger partial charge in [0.25, 0.3) is 0 Å².